The molecule has 0 spiro atoms. The molecular weight excluding hydrogens is 206 g/mol. The zero-order valence-corrected chi connectivity index (χ0v) is 11.1. The SMILES string of the molecule is CC1CC(NCC(C)(C)CCCO)CS1. The van der Waals surface area contributed by atoms with Crippen LogP contribution in [0.4, 0.5) is 0 Å². The Hall–Kier alpha value is 0.270. The number of aliphatic hydroxyl groups excluding tert-OH is 1. The third-order valence-corrected chi connectivity index (χ3v) is 4.44. The van der Waals surface area contributed by atoms with Crippen molar-refractivity contribution in [2.75, 3.05) is 18.9 Å². The minimum absolute atomic E-state index is 0.319. The molecule has 1 heterocycles. The van der Waals surface area contributed by atoms with Gasteiger partial charge in [0.05, 0.1) is 0 Å². The molecule has 0 aromatic carbocycles. The molecule has 2 unspecified atom stereocenters. The zero-order chi connectivity index (χ0) is 11.3. The molecule has 1 saturated heterocycles. The van der Waals surface area contributed by atoms with Crippen LogP contribution in [0.5, 0.6) is 0 Å². The van der Waals surface area contributed by atoms with E-state index in [-0.39, 0.29) is 0 Å². The van der Waals surface area contributed by atoms with Crippen LogP contribution in [-0.4, -0.2) is 35.3 Å². The van der Waals surface area contributed by atoms with Gasteiger partial charge in [-0.2, -0.15) is 11.8 Å². The van der Waals surface area contributed by atoms with Crippen LogP contribution in [0.3, 0.4) is 0 Å². The number of hydrogen-bond acceptors (Lipinski definition) is 3. The predicted octanol–water partition coefficient (Wildman–Crippen LogP) is 2.27. The number of rotatable bonds is 6. The lowest BCUT2D eigenvalue weighted by molar-refractivity contribution is 0.233. The normalized spacial score (nSPS) is 27.2. The van der Waals surface area contributed by atoms with Gasteiger partial charge in [0, 0.05) is 30.2 Å². The van der Waals surface area contributed by atoms with E-state index < -0.39 is 0 Å². The maximum Gasteiger partial charge on any atom is 0.0431 e. The number of hydrogen-bond donors (Lipinski definition) is 2. The maximum atomic E-state index is 8.82. The first-order chi connectivity index (χ1) is 7.03. The average Bonchev–Trinajstić information content (AvgIpc) is 2.59. The standard InChI is InChI=1S/C12H25NOS/c1-10-7-11(8-15-10)13-9-12(2,3)5-4-6-14/h10-11,13-14H,4-9H2,1-3H3. The van der Waals surface area contributed by atoms with E-state index in [9.17, 15) is 0 Å². The number of nitrogens with one attached hydrogen (secondary N) is 1. The van der Waals surface area contributed by atoms with Crippen LogP contribution in [0.25, 0.3) is 0 Å². The van der Waals surface area contributed by atoms with Crippen LogP contribution < -0.4 is 5.32 Å². The summed E-state index contributed by atoms with van der Waals surface area (Å²) in [6, 6.07) is 0.707. The molecule has 1 fully saturated rings. The summed E-state index contributed by atoms with van der Waals surface area (Å²) in [6.07, 6.45) is 3.33. The molecule has 90 valence electrons. The zero-order valence-electron chi connectivity index (χ0n) is 10.3. The van der Waals surface area contributed by atoms with Gasteiger partial charge in [-0.3, -0.25) is 0 Å². The van der Waals surface area contributed by atoms with E-state index in [4.69, 9.17) is 5.11 Å². The fourth-order valence-electron chi connectivity index (χ4n) is 2.03. The summed E-state index contributed by atoms with van der Waals surface area (Å²) < 4.78 is 0. The lowest BCUT2D eigenvalue weighted by Crippen LogP contribution is -2.37. The van der Waals surface area contributed by atoms with E-state index in [1.165, 1.54) is 12.2 Å². The van der Waals surface area contributed by atoms with Gasteiger partial charge in [-0.05, 0) is 24.7 Å². The van der Waals surface area contributed by atoms with Gasteiger partial charge in [0.1, 0.15) is 0 Å². The molecule has 0 aromatic rings. The smallest absolute Gasteiger partial charge is 0.0431 e. The lowest BCUT2D eigenvalue weighted by Gasteiger charge is -2.26. The molecule has 0 saturated carbocycles. The van der Waals surface area contributed by atoms with Gasteiger partial charge in [-0.1, -0.05) is 20.8 Å². The Morgan fingerprint density at radius 2 is 2.20 bits per heavy atom. The Balaban J connectivity index is 2.17. The molecule has 0 aliphatic carbocycles. The first-order valence-corrected chi connectivity index (χ1v) is 7.04. The van der Waals surface area contributed by atoms with E-state index in [0.717, 1.165) is 24.6 Å². The van der Waals surface area contributed by atoms with Crippen LogP contribution in [0, 0.1) is 5.41 Å². The van der Waals surface area contributed by atoms with Gasteiger partial charge in [-0.15, -0.1) is 0 Å². The van der Waals surface area contributed by atoms with Crippen molar-refractivity contribution in [3.8, 4) is 0 Å². The molecule has 15 heavy (non-hydrogen) atoms. The van der Waals surface area contributed by atoms with Crippen molar-refractivity contribution >= 4 is 11.8 Å². The first-order valence-electron chi connectivity index (χ1n) is 5.99. The van der Waals surface area contributed by atoms with Gasteiger partial charge >= 0.3 is 0 Å². The van der Waals surface area contributed by atoms with Crippen LogP contribution in [0.1, 0.15) is 40.0 Å². The molecule has 3 heteroatoms. The summed E-state index contributed by atoms with van der Waals surface area (Å²) in [4.78, 5) is 0. The fourth-order valence-corrected chi connectivity index (χ4v) is 3.21. The molecule has 0 amide bonds. The monoisotopic (exact) mass is 231 g/mol. The lowest BCUT2D eigenvalue weighted by atomic mass is 9.87. The molecular formula is C12H25NOS. The van der Waals surface area contributed by atoms with Crippen LogP contribution >= 0.6 is 11.8 Å². The summed E-state index contributed by atoms with van der Waals surface area (Å²) in [5, 5.41) is 13.3. The van der Waals surface area contributed by atoms with Crippen molar-refractivity contribution in [3.63, 3.8) is 0 Å². The Labute approximate surface area is 98.2 Å². The first kappa shape index (κ1) is 13.3. The van der Waals surface area contributed by atoms with Crippen molar-refractivity contribution < 1.29 is 5.11 Å². The molecule has 0 radical (unpaired) electrons. The molecule has 1 aliphatic rings. The van der Waals surface area contributed by atoms with Gasteiger partial charge in [-0.25, -0.2) is 0 Å². The summed E-state index contributed by atoms with van der Waals surface area (Å²) >= 11 is 2.07. The van der Waals surface area contributed by atoms with Crippen molar-refractivity contribution in [1.29, 1.82) is 0 Å². The Kier molecular flexibility index (Phi) is 5.44. The number of aliphatic hydroxyl groups is 1. The second kappa shape index (κ2) is 6.12. The molecule has 2 atom stereocenters. The minimum Gasteiger partial charge on any atom is -0.396 e. The highest BCUT2D eigenvalue weighted by Crippen LogP contribution is 2.27. The quantitative estimate of drug-likeness (QED) is 0.735. The van der Waals surface area contributed by atoms with E-state index in [1.54, 1.807) is 0 Å². The highest BCUT2D eigenvalue weighted by molar-refractivity contribution is 8.00. The van der Waals surface area contributed by atoms with Crippen molar-refractivity contribution in [1.82, 2.24) is 5.32 Å². The predicted molar refractivity (Wildman–Crippen MR) is 68.4 cm³/mol. The Bertz CT molecular complexity index is 184. The molecule has 0 aromatic heterocycles. The Morgan fingerprint density at radius 3 is 2.73 bits per heavy atom. The minimum atomic E-state index is 0.319. The highest BCUT2D eigenvalue weighted by atomic mass is 32.2. The van der Waals surface area contributed by atoms with E-state index in [1.807, 2.05) is 0 Å². The van der Waals surface area contributed by atoms with Gasteiger partial charge in [0.2, 0.25) is 0 Å². The third kappa shape index (κ3) is 5.23. The Morgan fingerprint density at radius 1 is 1.47 bits per heavy atom. The summed E-state index contributed by atoms with van der Waals surface area (Å²) in [5.74, 6) is 1.26. The molecule has 2 nitrogen and oxygen atoms in total. The topological polar surface area (TPSA) is 32.3 Å². The molecule has 1 rings (SSSR count). The molecule has 2 N–H and O–H groups in total. The van der Waals surface area contributed by atoms with Crippen LogP contribution in [0.15, 0.2) is 0 Å². The molecule has 1 aliphatic heterocycles. The van der Waals surface area contributed by atoms with E-state index in [0.29, 0.717) is 18.1 Å². The van der Waals surface area contributed by atoms with Crippen LogP contribution in [0.2, 0.25) is 0 Å². The average molecular weight is 231 g/mol. The summed E-state index contributed by atoms with van der Waals surface area (Å²) in [7, 11) is 0. The largest absolute Gasteiger partial charge is 0.396 e. The van der Waals surface area contributed by atoms with Crippen molar-refractivity contribution in [2.45, 2.75) is 51.3 Å². The summed E-state index contributed by atoms with van der Waals surface area (Å²) in [6.45, 7) is 8.26. The van der Waals surface area contributed by atoms with Crippen molar-refractivity contribution in [3.05, 3.63) is 0 Å². The van der Waals surface area contributed by atoms with Gasteiger partial charge in [0.15, 0.2) is 0 Å². The molecule has 0 bridgehead atoms. The second-order valence-corrected chi connectivity index (χ2v) is 6.92. The van der Waals surface area contributed by atoms with Gasteiger partial charge < -0.3 is 10.4 Å². The van der Waals surface area contributed by atoms with E-state index >= 15 is 0 Å². The second-order valence-electron chi connectivity index (χ2n) is 5.45. The van der Waals surface area contributed by atoms with Gasteiger partial charge in [0.25, 0.3) is 0 Å². The van der Waals surface area contributed by atoms with Crippen LogP contribution in [-0.2, 0) is 0 Å². The summed E-state index contributed by atoms with van der Waals surface area (Å²) in [5.41, 5.74) is 0.319. The van der Waals surface area contributed by atoms with Crippen molar-refractivity contribution in [2.24, 2.45) is 5.41 Å². The van der Waals surface area contributed by atoms with E-state index in [2.05, 4.69) is 37.8 Å². The fraction of sp³-hybridized carbons (Fsp3) is 1.00. The third-order valence-electron chi connectivity index (χ3n) is 3.08. The highest BCUT2D eigenvalue weighted by Gasteiger charge is 2.24. The number of thioether (sulfide) groups is 1. The maximum absolute atomic E-state index is 8.82.